The van der Waals surface area contributed by atoms with Crippen molar-refractivity contribution in [3.8, 4) is 0 Å². The quantitative estimate of drug-likeness (QED) is 0.885. The minimum Gasteiger partial charge on any atom is -0.310 e. The standard InChI is InChI=1S/C18H19F2N/c19-18(20)15-7-5-13(6-8-15)12-21-17-10-9-14-3-1-2-4-16(14)11-17/h1-8,17-18,21H,9-12H2. The summed E-state index contributed by atoms with van der Waals surface area (Å²) in [4.78, 5) is 0. The zero-order valence-corrected chi connectivity index (χ0v) is 11.9. The lowest BCUT2D eigenvalue weighted by atomic mass is 9.88. The Balaban J connectivity index is 1.56. The number of aryl methyl sites for hydroxylation is 1. The molecule has 3 rings (SSSR count). The number of hydrogen-bond acceptors (Lipinski definition) is 1. The van der Waals surface area contributed by atoms with E-state index in [1.807, 2.05) is 0 Å². The molecular formula is C18H19F2N. The van der Waals surface area contributed by atoms with Gasteiger partial charge in [-0.15, -0.1) is 0 Å². The van der Waals surface area contributed by atoms with Crippen LogP contribution in [0, 0.1) is 0 Å². The van der Waals surface area contributed by atoms with E-state index in [0.29, 0.717) is 6.04 Å². The first-order chi connectivity index (χ1) is 10.2. The van der Waals surface area contributed by atoms with E-state index in [1.165, 1.54) is 23.3 Å². The molecule has 0 saturated heterocycles. The minimum atomic E-state index is -2.39. The van der Waals surface area contributed by atoms with Gasteiger partial charge in [-0.05, 0) is 36.0 Å². The van der Waals surface area contributed by atoms with E-state index in [2.05, 4.69) is 29.6 Å². The van der Waals surface area contributed by atoms with E-state index in [9.17, 15) is 8.78 Å². The minimum absolute atomic E-state index is 0.0883. The van der Waals surface area contributed by atoms with Crippen LogP contribution in [0.15, 0.2) is 48.5 Å². The molecule has 110 valence electrons. The van der Waals surface area contributed by atoms with Crippen LogP contribution in [0.2, 0.25) is 0 Å². The Bertz CT molecular complexity index is 592. The number of halogens is 2. The van der Waals surface area contributed by atoms with Gasteiger partial charge in [-0.3, -0.25) is 0 Å². The highest BCUT2D eigenvalue weighted by molar-refractivity contribution is 5.30. The first-order valence-electron chi connectivity index (χ1n) is 7.39. The van der Waals surface area contributed by atoms with Crippen molar-refractivity contribution in [1.29, 1.82) is 0 Å². The molecule has 0 heterocycles. The van der Waals surface area contributed by atoms with Crippen LogP contribution >= 0.6 is 0 Å². The van der Waals surface area contributed by atoms with Crippen molar-refractivity contribution >= 4 is 0 Å². The molecule has 2 aromatic carbocycles. The van der Waals surface area contributed by atoms with E-state index in [-0.39, 0.29) is 5.56 Å². The van der Waals surface area contributed by atoms with Gasteiger partial charge in [0.1, 0.15) is 0 Å². The van der Waals surface area contributed by atoms with Crippen molar-refractivity contribution in [1.82, 2.24) is 5.32 Å². The van der Waals surface area contributed by atoms with Crippen LogP contribution in [-0.2, 0) is 19.4 Å². The number of hydrogen-bond donors (Lipinski definition) is 1. The Morgan fingerprint density at radius 2 is 1.71 bits per heavy atom. The van der Waals surface area contributed by atoms with E-state index >= 15 is 0 Å². The van der Waals surface area contributed by atoms with Gasteiger partial charge in [-0.2, -0.15) is 0 Å². The fraction of sp³-hybridized carbons (Fsp3) is 0.333. The summed E-state index contributed by atoms with van der Waals surface area (Å²) < 4.78 is 25.0. The number of fused-ring (bicyclic) bond motifs is 1. The van der Waals surface area contributed by atoms with Crippen molar-refractivity contribution in [3.05, 3.63) is 70.8 Å². The summed E-state index contributed by atoms with van der Waals surface area (Å²) in [6, 6.07) is 15.6. The van der Waals surface area contributed by atoms with Gasteiger partial charge >= 0.3 is 0 Å². The monoisotopic (exact) mass is 287 g/mol. The predicted octanol–water partition coefficient (Wildman–Crippen LogP) is 4.27. The second-order valence-corrected chi connectivity index (χ2v) is 5.63. The third-order valence-electron chi connectivity index (χ3n) is 4.17. The summed E-state index contributed by atoms with van der Waals surface area (Å²) >= 11 is 0. The molecule has 0 radical (unpaired) electrons. The Morgan fingerprint density at radius 1 is 1.00 bits per heavy atom. The topological polar surface area (TPSA) is 12.0 Å². The van der Waals surface area contributed by atoms with Gasteiger partial charge in [0.25, 0.3) is 6.43 Å². The molecule has 0 saturated carbocycles. The molecule has 1 unspecified atom stereocenters. The molecule has 0 spiro atoms. The Hall–Kier alpha value is -1.74. The normalized spacial score (nSPS) is 17.8. The summed E-state index contributed by atoms with van der Waals surface area (Å²) in [6.07, 6.45) is 0.900. The maximum Gasteiger partial charge on any atom is 0.263 e. The summed E-state index contributed by atoms with van der Waals surface area (Å²) in [5, 5.41) is 3.54. The van der Waals surface area contributed by atoms with Gasteiger partial charge in [-0.25, -0.2) is 8.78 Å². The average molecular weight is 287 g/mol. The number of benzene rings is 2. The molecule has 0 fully saturated rings. The highest BCUT2D eigenvalue weighted by atomic mass is 19.3. The van der Waals surface area contributed by atoms with Crippen LogP contribution in [0.3, 0.4) is 0 Å². The van der Waals surface area contributed by atoms with Crippen LogP contribution in [0.1, 0.15) is 35.1 Å². The second kappa shape index (κ2) is 6.35. The molecule has 2 aromatic rings. The highest BCUT2D eigenvalue weighted by Crippen LogP contribution is 2.22. The Labute approximate surface area is 124 Å². The first kappa shape index (κ1) is 14.2. The summed E-state index contributed by atoms with van der Waals surface area (Å²) in [6.45, 7) is 0.732. The average Bonchev–Trinajstić information content (AvgIpc) is 2.53. The van der Waals surface area contributed by atoms with Crippen LogP contribution < -0.4 is 5.32 Å². The van der Waals surface area contributed by atoms with Crippen molar-refractivity contribution in [2.24, 2.45) is 0 Å². The lowest BCUT2D eigenvalue weighted by molar-refractivity contribution is 0.151. The maximum absolute atomic E-state index is 12.5. The molecule has 1 atom stereocenters. The van der Waals surface area contributed by atoms with Gasteiger partial charge in [-0.1, -0.05) is 48.5 Å². The third-order valence-corrected chi connectivity index (χ3v) is 4.17. The molecule has 21 heavy (non-hydrogen) atoms. The molecule has 0 bridgehead atoms. The van der Waals surface area contributed by atoms with Crippen molar-refractivity contribution in [2.75, 3.05) is 0 Å². The largest absolute Gasteiger partial charge is 0.310 e. The number of nitrogens with one attached hydrogen (secondary N) is 1. The van der Waals surface area contributed by atoms with Gasteiger partial charge in [0.05, 0.1) is 0 Å². The smallest absolute Gasteiger partial charge is 0.263 e. The zero-order valence-electron chi connectivity index (χ0n) is 11.9. The summed E-state index contributed by atoms with van der Waals surface area (Å²) in [5.41, 5.74) is 4.02. The second-order valence-electron chi connectivity index (χ2n) is 5.63. The SMILES string of the molecule is FC(F)c1ccc(CNC2CCc3ccccc3C2)cc1. The Morgan fingerprint density at radius 3 is 2.43 bits per heavy atom. The van der Waals surface area contributed by atoms with Crippen molar-refractivity contribution < 1.29 is 8.78 Å². The van der Waals surface area contributed by atoms with Gasteiger partial charge < -0.3 is 5.32 Å². The molecule has 0 aromatic heterocycles. The molecule has 0 amide bonds. The lowest BCUT2D eigenvalue weighted by Gasteiger charge is -2.25. The molecule has 1 N–H and O–H groups in total. The van der Waals surface area contributed by atoms with Crippen LogP contribution in [-0.4, -0.2) is 6.04 Å². The Kier molecular flexibility index (Phi) is 4.30. The molecular weight excluding hydrogens is 268 g/mol. The van der Waals surface area contributed by atoms with E-state index in [4.69, 9.17) is 0 Å². The maximum atomic E-state index is 12.5. The molecule has 3 heteroatoms. The summed E-state index contributed by atoms with van der Waals surface area (Å²) in [5.74, 6) is 0. The van der Waals surface area contributed by atoms with E-state index < -0.39 is 6.43 Å². The van der Waals surface area contributed by atoms with Crippen LogP contribution in [0.4, 0.5) is 8.78 Å². The van der Waals surface area contributed by atoms with Crippen LogP contribution in [0.25, 0.3) is 0 Å². The molecule has 0 aliphatic heterocycles. The number of alkyl halides is 2. The zero-order chi connectivity index (χ0) is 14.7. The highest BCUT2D eigenvalue weighted by Gasteiger charge is 2.17. The van der Waals surface area contributed by atoms with Crippen molar-refractivity contribution in [2.45, 2.75) is 38.3 Å². The predicted molar refractivity (Wildman–Crippen MR) is 80.5 cm³/mol. The number of rotatable bonds is 4. The third kappa shape index (κ3) is 3.48. The summed E-state index contributed by atoms with van der Waals surface area (Å²) in [7, 11) is 0. The molecule has 1 nitrogen and oxygen atoms in total. The first-order valence-corrected chi connectivity index (χ1v) is 7.39. The van der Waals surface area contributed by atoms with E-state index in [0.717, 1.165) is 31.4 Å². The van der Waals surface area contributed by atoms with Gasteiger partial charge in [0, 0.05) is 18.2 Å². The van der Waals surface area contributed by atoms with Gasteiger partial charge in [0.15, 0.2) is 0 Å². The molecule has 1 aliphatic carbocycles. The van der Waals surface area contributed by atoms with Gasteiger partial charge in [0.2, 0.25) is 0 Å². The lowest BCUT2D eigenvalue weighted by Crippen LogP contribution is -2.34. The van der Waals surface area contributed by atoms with Crippen LogP contribution in [0.5, 0.6) is 0 Å². The van der Waals surface area contributed by atoms with E-state index in [1.54, 1.807) is 12.1 Å². The fourth-order valence-corrected chi connectivity index (χ4v) is 2.92. The van der Waals surface area contributed by atoms with Crippen molar-refractivity contribution in [3.63, 3.8) is 0 Å². The fourth-order valence-electron chi connectivity index (χ4n) is 2.92. The molecule has 1 aliphatic rings.